The fourth-order valence-corrected chi connectivity index (χ4v) is 3.44. The molecule has 0 saturated carbocycles. The fraction of sp³-hybridized carbons (Fsp3) is 0.462. The Hall–Kier alpha value is -0.650. The largest absolute Gasteiger partial charge is 0.378 e. The number of nitrogens with zero attached hydrogens (tertiary/aromatic N) is 1. The molecule has 0 radical (unpaired) electrons. The van der Waals surface area contributed by atoms with Gasteiger partial charge in [-0.3, -0.25) is 0 Å². The van der Waals surface area contributed by atoms with E-state index in [2.05, 4.69) is 51.4 Å². The lowest BCUT2D eigenvalue weighted by atomic mass is 10.0. The molecule has 1 aromatic heterocycles. The van der Waals surface area contributed by atoms with Gasteiger partial charge in [-0.25, -0.2) is 4.98 Å². The molecule has 0 aliphatic carbocycles. The normalized spacial score (nSPS) is 23.7. The lowest BCUT2D eigenvalue weighted by molar-refractivity contribution is 0.108. The predicted molar refractivity (Wildman–Crippen MR) is 79.3 cm³/mol. The minimum absolute atomic E-state index is 0.362. The van der Waals surface area contributed by atoms with Gasteiger partial charge in [-0.1, -0.05) is 27.3 Å². The van der Waals surface area contributed by atoms with Crippen molar-refractivity contribution in [2.45, 2.75) is 19.4 Å². The summed E-state index contributed by atoms with van der Waals surface area (Å²) in [6.07, 6.45) is 1.51. The zero-order valence-electron chi connectivity index (χ0n) is 10.1. The Bertz CT molecular complexity index is 557. The van der Waals surface area contributed by atoms with E-state index in [1.165, 1.54) is 4.70 Å². The standard InChI is InChI=1S/C13H15BrN2OS/c1-8-9(4-5-17-8)7-15-13-16-11-6-10(14)2-3-12(11)18-13/h2-3,6,8-9H,4-5,7H2,1H3,(H,15,16). The Morgan fingerprint density at radius 2 is 2.44 bits per heavy atom. The molecule has 3 nitrogen and oxygen atoms in total. The van der Waals surface area contributed by atoms with E-state index in [4.69, 9.17) is 4.74 Å². The van der Waals surface area contributed by atoms with Gasteiger partial charge in [0.25, 0.3) is 0 Å². The summed E-state index contributed by atoms with van der Waals surface area (Å²) in [6.45, 7) is 3.98. The van der Waals surface area contributed by atoms with Crippen LogP contribution in [0.4, 0.5) is 5.13 Å². The summed E-state index contributed by atoms with van der Waals surface area (Å²) in [7, 11) is 0. The monoisotopic (exact) mass is 326 g/mol. The summed E-state index contributed by atoms with van der Waals surface area (Å²) in [4.78, 5) is 4.60. The van der Waals surface area contributed by atoms with E-state index in [9.17, 15) is 0 Å². The first-order chi connectivity index (χ1) is 8.72. The van der Waals surface area contributed by atoms with E-state index in [1.54, 1.807) is 11.3 Å². The smallest absolute Gasteiger partial charge is 0.183 e. The molecule has 2 aromatic rings. The van der Waals surface area contributed by atoms with Crippen LogP contribution in [0, 0.1) is 5.92 Å². The van der Waals surface area contributed by atoms with Gasteiger partial charge in [-0.15, -0.1) is 0 Å². The Balaban J connectivity index is 1.71. The lowest BCUT2D eigenvalue weighted by Gasteiger charge is -2.13. The molecule has 2 unspecified atom stereocenters. The molecule has 5 heteroatoms. The molecule has 96 valence electrons. The van der Waals surface area contributed by atoms with E-state index in [0.717, 1.165) is 34.7 Å². The molecule has 2 heterocycles. The van der Waals surface area contributed by atoms with E-state index < -0.39 is 0 Å². The first-order valence-corrected chi connectivity index (χ1v) is 7.75. The van der Waals surface area contributed by atoms with E-state index in [-0.39, 0.29) is 0 Å². The number of nitrogens with one attached hydrogen (secondary N) is 1. The average molecular weight is 327 g/mol. The maximum absolute atomic E-state index is 5.57. The Kier molecular flexibility index (Phi) is 3.54. The maximum atomic E-state index is 5.57. The molecule has 1 aliphatic heterocycles. The number of hydrogen-bond donors (Lipinski definition) is 1. The topological polar surface area (TPSA) is 34.1 Å². The van der Waals surface area contributed by atoms with E-state index in [1.807, 2.05) is 0 Å². The molecule has 1 fully saturated rings. The SMILES string of the molecule is CC1OCCC1CNc1nc2cc(Br)ccc2s1. The number of rotatable bonds is 3. The van der Waals surface area contributed by atoms with Crippen LogP contribution >= 0.6 is 27.3 Å². The van der Waals surface area contributed by atoms with Gasteiger partial charge in [0, 0.05) is 23.5 Å². The molecule has 2 atom stereocenters. The highest BCUT2D eigenvalue weighted by atomic mass is 79.9. The van der Waals surface area contributed by atoms with Crippen molar-refractivity contribution in [1.29, 1.82) is 0 Å². The molecule has 1 aromatic carbocycles. The van der Waals surface area contributed by atoms with Gasteiger partial charge >= 0.3 is 0 Å². The van der Waals surface area contributed by atoms with Crippen LogP contribution in [0.15, 0.2) is 22.7 Å². The van der Waals surface area contributed by atoms with Gasteiger partial charge in [0.1, 0.15) is 0 Å². The highest BCUT2D eigenvalue weighted by Gasteiger charge is 2.23. The Morgan fingerprint density at radius 3 is 3.22 bits per heavy atom. The summed E-state index contributed by atoms with van der Waals surface area (Å²) in [5.74, 6) is 0.601. The van der Waals surface area contributed by atoms with Gasteiger partial charge in [-0.05, 0) is 31.5 Å². The van der Waals surface area contributed by atoms with Crippen LogP contribution in [0.3, 0.4) is 0 Å². The molecular weight excluding hydrogens is 312 g/mol. The van der Waals surface area contributed by atoms with Crippen LogP contribution in [0.2, 0.25) is 0 Å². The lowest BCUT2D eigenvalue weighted by Crippen LogP contribution is -2.20. The Morgan fingerprint density at radius 1 is 1.56 bits per heavy atom. The highest BCUT2D eigenvalue weighted by molar-refractivity contribution is 9.10. The molecule has 18 heavy (non-hydrogen) atoms. The van der Waals surface area contributed by atoms with Crippen molar-refractivity contribution in [2.24, 2.45) is 5.92 Å². The third-order valence-corrected chi connectivity index (χ3v) is 4.89. The predicted octanol–water partition coefficient (Wildman–Crippen LogP) is 3.90. The van der Waals surface area contributed by atoms with Crippen LogP contribution < -0.4 is 5.32 Å². The molecular formula is C13H15BrN2OS. The second-order valence-corrected chi connectivity index (χ2v) is 6.58. The number of benzene rings is 1. The van der Waals surface area contributed by atoms with Gasteiger partial charge in [0.15, 0.2) is 5.13 Å². The third-order valence-electron chi connectivity index (χ3n) is 3.40. The van der Waals surface area contributed by atoms with Gasteiger partial charge < -0.3 is 10.1 Å². The Labute approximate surface area is 119 Å². The fourth-order valence-electron chi connectivity index (χ4n) is 2.24. The van der Waals surface area contributed by atoms with Crippen molar-refractivity contribution in [2.75, 3.05) is 18.5 Å². The highest BCUT2D eigenvalue weighted by Crippen LogP contribution is 2.29. The maximum Gasteiger partial charge on any atom is 0.183 e. The minimum Gasteiger partial charge on any atom is -0.378 e. The van der Waals surface area contributed by atoms with Crippen LogP contribution in [0.25, 0.3) is 10.2 Å². The van der Waals surface area contributed by atoms with Crippen molar-refractivity contribution >= 4 is 42.6 Å². The van der Waals surface area contributed by atoms with Crippen molar-refractivity contribution < 1.29 is 4.74 Å². The van der Waals surface area contributed by atoms with Crippen LogP contribution in [0.5, 0.6) is 0 Å². The van der Waals surface area contributed by atoms with Gasteiger partial charge in [-0.2, -0.15) is 0 Å². The number of aromatic nitrogens is 1. The molecule has 1 N–H and O–H groups in total. The van der Waals surface area contributed by atoms with E-state index >= 15 is 0 Å². The second kappa shape index (κ2) is 5.15. The first kappa shape index (κ1) is 12.4. The first-order valence-electron chi connectivity index (χ1n) is 6.14. The number of thiazole rings is 1. The van der Waals surface area contributed by atoms with Crippen molar-refractivity contribution in [3.63, 3.8) is 0 Å². The third kappa shape index (κ3) is 2.53. The van der Waals surface area contributed by atoms with Crippen molar-refractivity contribution in [1.82, 2.24) is 4.98 Å². The number of hydrogen-bond acceptors (Lipinski definition) is 4. The van der Waals surface area contributed by atoms with Crippen LogP contribution in [-0.4, -0.2) is 24.2 Å². The summed E-state index contributed by atoms with van der Waals surface area (Å²) in [6, 6.07) is 6.21. The van der Waals surface area contributed by atoms with Crippen molar-refractivity contribution in [3.8, 4) is 0 Å². The zero-order chi connectivity index (χ0) is 12.5. The summed E-state index contributed by atoms with van der Waals surface area (Å²) < 4.78 is 7.86. The van der Waals surface area contributed by atoms with Gasteiger partial charge in [0.05, 0.1) is 16.3 Å². The molecule has 0 amide bonds. The number of ether oxygens (including phenoxy) is 1. The van der Waals surface area contributed by atoms with Crippen LogP contribution in [-0.2, 0) is 4.74 Å². The quantitative estimate of drug-likeness (QED) is 0.928. The summed E-state index contributed by atoms with van der Waals surface area (Å²) in [5, 5.41) is 4.44. The van der Waals surface area contributed by atoms with Gasteiger partial charge in [0.2, 0.25) is 0 Å². The molecule has 3 rings (SSSR count). The number of fused-ring (bicyclic) bond motifs is 1. The number of halogens is 1. The zero-order valence-corrected chi connectivity index (χ0v) is 12.6. The molecule has 0 spiro atoms. The molecule has 1 saturated heterocycles. The van der Waals surface area contributed by atoms with Crippen LogP contribution in [0.1, 0.15) is 13.3 Å². The van der Waals surface area contributed by atoms with Crippen molar-refractivity contribution in [3.05, 3.63) is 22.7 Å². The molecule has 0 bridgehead atoms. The number of anilines is 1. The summed E-state index contributed by atoms with van der Waals surface area (Å²) in [5.41, 5.74) is 1.05. The second-order valence-electron chi connectivity index (χ2n) is 4.64. The van der Waals surface area contributed by atoms with E-state index in [0.29, 0.717) is 12.0 Å². The summed E-state index contributed by atoms with van der Waals surface area (Å²) >= 11 is 5.18. The minimum atomic E-state index is 0.362. The molecule has 1 aliphatic rings. The average Bonchev–Trinajstić information content (AvgIpc) is 2.92.